The van der Waals surface area contributed by atoms with Crippen molar-refractivity contribution in [1.82, 2.24) is 15.1 Å². The lowest BCUT2D eigenvalue weighted by Gasteiger charge is -2.33. The van der Waals surface area contributed by atoms with Crippen LogP contribution in [0.4, 0.5) is 5.13 Å². The summed E-state index contributed by atoms with van der Waals surface area (Å²) in [5, 5.41) is 10.9. The minimum absolute atomic E-state index is 0.0715. The van der Waals surface area contributed by atoms with Crippen molar-refractivity contribution in [2.75, 3.05) is 18.4 Å². The molecule has 0 aromatic carbocycles. The standard InChI is InChI=1S/C21H28N4O2S2/c1-21(2,3)15-6-7-16-14(9-15)10-17(29-16)19(27)25-8-4-5-13(11-25)18(26)23-20-24-22-12-28-20/h10,12-13,15H,4-9,11H2,1-3H3,(H,23,24,26)/t13-,15+/m0/s1. The van der Waals surface area contributed by atoms with Crippen LogP contribution in [0.2, 0.25) is 0 Å². The van der Waals surface area contributed by atoms with Crippen LogP contribution >= 0.6 is 22.7 Å². The second kappa shape index (κ2) is 8.14. The number of carbonyl (C=O) groups is 2. The van der Waals surface area contributed by atoms with Gasteiger partial charge in [0.05, 0.1) is 10.8 Å². The summed E-state index contributed by atoms with van der Waals surface area (Å²) in [4.78, 5) is 29.8. The number of carbonyl (C=O) groups excluding carboxylic acids is 2. The van der Waals surface area contributed by atoms with Gasteiger partial charge < -0.3 is 10.2 Å². The topological polar surface area (TPSA) is 75.2 Å². The molecule has 2 aromatic rings. The molecule has 1 aliphatic carbocycles. The lowest BCUT2D eigenvalue weighted by molar-refractivity contribution is -0.121. The van der Waals surface area contributed by atoms with Gasteiger partial charge in [-0.2, -0.15) is 0 Å². The Hall–Kier alpha value is -1.80. The van der Waals surface area contributed by atoms with Crippen molar-refractivity contribution < 1.29 is 9.59 Å². The Morgan fingerprint density at radius 3 is 2.83 bits per heavy atom. The van der Waals surface area contributed by atoms with Crippen molar-refractivity contribution in [1.29, 1.82) is 0 Å². The minimum Gasteiger partial charge on any atom is -0.337 e. The predicted octanol–water partition coefficient (Wildman–Crippen LogP) is 4.24. The Morgan fingerprint density at radius 1 is 1.28 bits per heavy atom. The molecule has 8 heteroatoms. The van der Waals surface area contributed by atoms with E-state index < -0.39 is 0 Å². The van der Waals surface area contributed by atoms with Gasteiger partial charge in [-0.3, -0.25) is 9.59 Å². The Balaban J connectivity index is 1.42. The third-order valence-electron chi connectivity index (χ3n) is 6.19. The summed E-state index contributed by atoms with van der Waals surface area (Å²) < 4.78 is 0. The van der Waals surface area contributed by atoms with E-state index in [-0.39, 0.29) is 17.7 Å². The molecule has 156 valence electrons. The molecular formula is C21H28N4O2S2. The second-order valence-corrected chi connectivity index (χ2v) is 11.2. The normalized spacial score (nSPS) is 22.2. The third-order valence-corrected chi connectivity index (χ3v) is 8.02. The fourth-order valence-corrected chi connectivity index (χ4v) is 5.96. The number of aryl methyl sites for hydroxylation is 1. The molecule has 1 fully saturated rings. The summed E-state index contributed by atoms with van der Waals surface area (Å²) in [5.74, 6) is 0.468. The number of nitrogens with one attached hydrogen (secondary N) is 1. The number of fused-ring (bicyclic) bond motifs is 1. The molecule has 1 N–H and O–H groups in total. The largest absolute Gasteiger partial charge is 0.337 e. The maximum atomic E-state index is 13.2. The first-order valence-corrected chi connectivity index (χ1v) is 12.0. The van der Waals surface area contributed by atoms with Crippen LogP contribution in [0.5, 0.6) is 0 Å². The van der Waals surface area contributed by atoms with E-state index >= 15 is 0 Å². The summed E-state index contributed by atoms with van der Waals surface area (Å²) in [6.45, 7) is 8.11. The molecule has 0 bridgehead atoms. The average Bonchev–Trinajstić information content (AvgIpc) is 3.35. The van der Waals surface area contributed by atoms with Crippen LogP contribution in [-0.4, -0.2) is 40.0 Å². The molecular weight excluding hydrogens is 404 g/mol. The van der Waals surface area contributed by atoms with Crippen molar-refractivity contribution in [3.05, 3.63) is 26.9 Å². The summed E-state index contributed by atoms with van der Waals surface area (Å²) in [6.07, 6.45) is 4.97. The molecule has 29 heavy (non-hydrogen) atoms. The van der Waals surface area contributed by atoms with Gasteiger partial charge in [0.25, 0.3) is 5.91 Å². The zero-order valence-corrected chi connectivity index (χ0v) is 18.9. The molecule has 0 unspecified atom stereocenters. The van der Waals surface area contributed by atoms with Crippen molar-refractivity contribution >= 4 is 39.6 Å². The van der Waals surface area contributed by atoms with Gasteiger partial charge >= 0.3 is 0 Å². The van der Waals surface area contributed by atoms with E-state index in [1.54, 1.807) is 16.8 Å². The lowest BCUT2D eigenvalue weighted by Crippen LogP contribution is -2.43. The van der Waals surface area contributed by atoms with E-state index in [0.717, 1.165) is 30.6 Å². The van der Waals surface area contributed by atoms with Crippen LogP contribution in [0.25, 0.3) is 0 Å². The summed E-state index contributed by atoms with van der Waals surface area (Å²) in [5.41, 5.74) is 3.24. The van der Waals surface area contributed by atoms with E-state index in [4.69, 9.17) is 0 Å². The average molecular weight is 433 g/mol. The van der Waals surface area contributed by atoms with Crippen molar-refractivity contribution in [3.63, 3.8) is 0 Å². The van der Waals surface area contributed by atoms with E-state index in [2.05, 4.69) is 42.4 Å². The number of anilines is 1. The Morgan fingerprint density at radius 2 is 2.10 bits per heavy atom. The zero-order valence-electron chi connectivity index (χ0n) is 17.2. The first kappa shape index (κ1) is 20.5. The van der Waals surface area contributed by atoms with Gasteiger partial charge in [-0.1, -0.05) is 32.1 Å². The SMILES string of the molecule is CC(C)(C)[C@@H]1CCc2sc(C(=O)N3CCC[C@H](C(=O)Nc4nncs4)C3)cc2C1. The minimum atomic E-state index is -0.198. The first-order valence-electron chi connectivity index (χ1n) is 10.3. The molecule has 0 spiro atoms. The third kappa shape index (κ3) is 4.53. The number of amides is 2. The van der Waals surface area contributed by atoms with Gasteiger partial charge in [-0.15, -0.1) is 21.5 Å². The Bertz CT molecular complexity index is 885. The maximum absolute atomic E-state index is 13.2. The van der Waals surface area contributed by atoms with Crippen LogP contribution in [0.1, 0.15) is 60.1 Å². The van der Waals surface area contributed by atoms with Crippen molar-refractivity contribution in [2.45, 2.75) is 52.9 Å². The second-order valence-electron chi connectivity index (χ2n) is 9.19. The molecule has 1 saturated heterocycles. The molecule has 2 aliphatic rings. The molecule has 1 aliphatic heterocycles. The fraction of sp³-hybridized carbons (Fsp3) is 0.619. The molecule has 3 heterocycles. The highest BCUT2D eigenvalue weighted by Crippen LogP contribution is 2.40. The number of aromatic nitrogens is 2. The Labute approximate surface area is 179 Å². The van der Waals surface area contributed by atoms with E-state index in [1.807, 2.05) is 4.90 Å². The van der Waals surface area contributed by atoms with E-state index in [0.29, 0.717) is 29.6 Å². The highest BCUT2D eigenvalue weighted by atomic mass is 32.1. The molecule has 6 nitrogen and oxygen atoms in total. The molecule has 2 aromatic heterocycles. The van der Waals surface area contributed by atoms with Crippen molar-refractivity contribution in [2.24, 2.45) is 17.3 Å². The number of rotatable bonds is 3. The lowest BCUT2D eigenvalue weighted by atomic mass is 9.72. The van der Waals surface area contributed by atoms with Crippen LogP contribution in [0.3, 0.4) is 0 Å². The number of hydrogen-bond acceptors (Lipinski definition) is 6. The Kier molecular flexibility index (Phi) is 5.75. The van der Waals surface area contributed by atoms with E-state index in [1.165, 1.54) is 28.2 Å². The van der Waals surface area contributed by atoms with Gasteiger partial charge in [0.15, 0.2) is 0 Å². The predicted molar refractivity (Wildman–Crippen MR) is 116 cm³/mol. The highest BCUT2D eigenvalue weighted by molar-refractivity contribution is 7.14. The van der Waals surface area contributed by atoms with Crippen LogP contribution in [0.15, 0.2) is 11.6 Å². The number of thiophene rings is 1. The summed E-state index contributed by atoms with van der Waals surface area (Å²) in [7, 11) is 0. The fourth-order valence-electron chi connectivity index (χ4n) is 4.33. The van der Waals surface area contributed by atoms with Crippen molar-refractivity contribution in [3.8, 4) is 0 Å². The van der Waals surface area contributed by atoms with Gasteiger partial charge in [0.2, 0.25) is 11.0 Å². The van der Waals surface area contributed by atoms with Gasteiger partial charge in [-0.25, -0.2) is 0 Å². The van der Waals surface area contributed by atoms with Crippen LogP contribution in [-0.2, 0) is 17.6 Å². The molecule has 2 atom stereocenters. The molecule has 0 saturated carbocycles. The first-order chi connectivity index (χ1) is 13.8. The zero-order chi connectivity index (χ0) is 20.6. The maximum Gasteiger partial charge on any atom is 0.263 e. The summed E-state index contributed by atoms with van der Waals surface area (Å²) >= 11 is 2.96. The van der Waals surface area contributed by atoms with Gasteiger partial charge in [-0.05, 0) is 55.1 Å². The number of hydrogen-bond donors (Lipinski definition) is 1. The molecule has 4 rings (SSSR count). The van der Waals surface area contributed by atoms with Crippen LogP contribution < -0.4 is 5.32 Å². The highest BCUT2D eigenvalue weighted by Gasteiger charge is 2.33. The van der Waals surface area contributed by atoms with Crippen LogP contribution in [0, 0.1) is 17.3 Å². The number of likely N-dealkylation sites (tertiary alicyclic amines) is 1. The quantitative estimate of drug-likeness (QED) is 0.787. The van der Waals surface area contributed by atoms with Gasteiger partial charge in [0, 0.05) is 18.0 Å². The monoisotopic (exact) mass is 432 g/mol. The number of nitrogens with zero attached hydrogens (tertiary/aromatic N) is 3. The van der Waals surface area contributed by atoms with E-state index in [9.17, 15) is 9.59 Å². The molecule has 2 amide bonds. The molecule has 0 radical (unpaired) electrons. The number of piperidine rings is 1. The summed E-state index contributed by atoms with van der Waals surface area (Å²) in [6, 6.07) is 2.12. The van der Waals surface area contributed by atoms with Gasteiger partial charge in [0.1, 0.15) is 5.51 Å². The smallest absolute Gasteiger partial charge is 0.263 e.